The highest BCUT2D eigenvalue weighted by Crippen LogP contribution is 2.28. The lowest BCUT2D eigenvalue weighted by molar-refractivity contribution is -0.929. The molecule has 27 heavy (non-hydrogen) atoms. The normalized spacial score (nSPS) is 19.8. The maximum absolute atomic E-state index is 12.8. The molecule has 7 heteroatoms. The number of benzene rings is 1. The van der Waals surface area contributed by atoms with E-state index in [9.17, 15) is 9.59 Å². The summed E-state index contributed by atoms with van der Waals surface area (Å²) in [7, 11) is 0. The first-order valence-electron chi connectivity index (χ1n) is 9.86. The molecule has 1 unspecified atom stereocenters. The maximum Gasteiger partial charge on any atom is 0.278 e. The minimum absolute atomic E-state index is 0.0479. The molecular weight excluding hydrogens is 360 g/mol. The van der Waals surface area contributed by atoms with Crippen LogP contribution in [0, 0.1) is 0 Å². The number of amides is 2. The molecule has 0 radical (unpaired) electrons. The van der Waals surface area contributed by atoms with Crippen LogP contribution in [-0.4, -0.2) is 54.4 Å². The van der Waals surface area contributed by atoms with E-state index in [0.717, 1.165) is 29.9 Å². The third-order valence-electron chi connectivity index (χ3n) is 5.16. The highest BCUT2D eigenvalue weighted by molar-refractivity contribution is 7.18. The van der Waals surface area contributed by atoms with Crippen LogP contribution in [0.25, 0.3) is 10.2 Å². The molecule has 0 saturated carbocycles. The number of aromatic nitrogens is 1. The Morgan fingerprint density at radius 1 is 1.30 bits per heavy atom. The molecule has 2 N–H and O–H groups in total. The lowest BCUT2D eigenvalue weighted by Gasteiger charge is -2.32. The number of nitrogens with one attached hydrogen (secondary N) is 2. The van der Waals surface area contributed by atoms with Crippen molar-refractivity contribution in [3.63, 3.8) is 0 Å². The minimum Gasteiger partial charge on any atom is -0.355 e. The molecule has 146 valence electrons. The number of fused-ring (bicyclic) bond motifs is 1. The number of hydrogen-bond acceptors (Lipinski definition) is 4. The van der Waals surface area contributed by atoms with Crippen molar-refractivity contribution in [3.05, 3.63) is 29.3 Å². The van der Waals surface area contributed by atoms with Gasteiger partial charge < -0.3 is 15.1 Å². The fraction of sp³-hybridized carbons (Fsp3) is 0.550. The highest BCUT2D eigenvalue weighted by Gasteiger charge is 2.33. The van der Waals surface area contributed by atoms with Gasteiger partial charge in [0.15, 0.2) is 11.6 Å². The van der Waals surface area contributed by atoms with E-state index < -0.39 is 0 Å². The van der Waals surface area contributed by atoms with E-state index in [0.29, 0.717) is 19.6 Å². The number of quaternary nitrogens is 1. The van der Waals surface area contributed by atoms with Gasteiger partial charge in [0.05, 0.1) is 23.3 Å². The highest BCUT2D eigenvalue weighted by atomic mass is 32.1. The van der Waals surface area contributed by atoms with Gasteiger partial charge in [-0.2, -0.15) is 0 Å². The number of rotatable bonds is 7. The monoisotopic (exact) mass is 389 g/mol. The van der Waals surface area contributed by atoms with Gasteiger partial charge in [0, 0.05) is 19.5 Å². The van der Waals surface area contributed by atoms with E-state index >= 15 is 0 Å². The van der Waals surface area contributed by atoms with E-state index in [2.05, 4.69) is 11.4 Å². The van der Waals surface area contributed by atoms with Gasteiger partial charge in [-0.25, -0.2) is 4.98 Å². The van der Waals surface area contributed by atoms with Crippen molar-refractivity contribution in [2.75, 3.05) is 32.7 Å². The summed E-state index contributed by atoms with van der Waals surface area (Å²) in [6.07, 6.45) is 3.37. The standard InChI is InChI=1S/C20H28N4O2S/c1-3-21-18(25)13-23(4-2)19(26)14-24-12-8-7-10-16(24)20-22-15-9-5-6-11-17(15)27-20/h5-6,9,11,16H,3-4,7-8,10,12-14H2,1-2H3,(H,21,25)/p+1/t16-/m1/s1. The van der Waals surface area contributed by atoms with Crippen LogP contribution in [0.3, 0.4) is 0 Å². The van der Waals surface area contributed by atoms with E-state index in [1.807, 2.05) is 32.0 Å². The largest absolute Gasteiger partial charge is 0.355 e. The van der Waals surface area contributed by atoms with Crippen LogP contribution in [0.1, 0.15) is 44.2 Å². The van der Waals surface area contributed by atoms with Crippen molar-refractivity contribution in [2.45, 2.75) is 39.2 Å². The summed E-state index contributed by atoms with van der Waals surface area (Å²) in [6.45, 7) is 6.49. The summed E-state index contributed by atoms with van der Waals surface area (Å²) in [5.74, 6) is -0.0455. The van der Waals surface area contributed by atoms with Crippen molar-refractivity contribution in [3.8, 4) is 0 Å². The van der Waals surface area contributed by atoms with Crippen LogP contribution >= 0.6 is 11.3 Å². The Kier molecular flexibility index (Phi) is 6.79. The summed E-state index contributed by atoms with van der Waals surface area (Å²) in [5.41, 5.74) is 1.04. The number of para-hydroxylation sites is 1. The van der Waals surface area contributed by atoms with Crippen LogP contribution in [0.4, 0.5) is 0 Å². The zero-order chi connectivity index (χ0) is 19.2. The second-order valence-electron chi connectivity index (χ2n) is 7.01. The maximum atomic E-state index is 12.8. The number of likely N-dealkylation sites (N-methyl/N-ethyl adjacent to an activating group) is 2. The second-order valence-corrected chi connectivity index (χ2v) is 8.08. The lowest BCUT2D eigenvalue weighted by atomic mass is 10.0. The Bertz CT molecular complexity index is 758. The Morgan fingerprint density at radius 3 is 2.85 bits per heavy atom. The number of nitrogens with zero attached hydrogens (tertiary/aromatic N) is 2. The number of carbonyl (C=O) groups is 2. The summed E-state index contributed by atoms with van der Waals surface area (Å²) in [4.78, 5) is 32.5. The second kappa shape index (κ2) is 9.28. The first kappa shape index (κ1) is 19.8. The number of thiazole rings is 1. The Hall–Kier alpha value is -1.99. The molecule has 1 aliphatic rings. The first-order valence-corrected chi connectivity index (χ1v) is 10.7. The molecule has 1 aromatic heterocycles. The van der Waals surface area contributed by atoms with Crippen LogP contribution < -0.4 is 10.2 Å². The van der Waals surface area contributed by atoms with Crippen molar-refractivity contribution in [2.24, 2.45) is 0 Å². The molecule has 0 aliphatic carbocycles. The van der Waals surface area contributed by atoms with E-state index in [1.165, 1.54) is 16.0 Å². The summed E-state index contributed by atoms with van der Waals surface area (Å²) < 4.78 is 1.20. The van der Waals surface area contributed by atoms with Gasteiger partial charge in [0.25, 0.3) is 5.91 Å². The molecule has 2 atom stereocenters. The smallest absolute Gasteiger partial charge is 0.278 e. The summed E-state index contributed by atoms with van der Waals surface area (Å²) in [6, 6.07) is 8.48. The minimum atomic E-state index is -0.0935. The fourth-order valence-corrected chi connectivity index (χ4v) is 4.90. The molecule has 0 bridgehead atoms. The van der Waals surface area contributed by atoms with E-state index in [-0.39, 0.29) is 24.4 Å². The van der Waals surface area contributed by atoms with Crippen molar-refractivity contribution >= 4 is 33.4 Å². The summed E-state index contributed by atoms with van der Waals surface area (Å²) in [5, 5.41) is 3.90. The molecule has 6 nitrogen and oxygen atoms in total. The quantitative estimate of drug-likeness (QED) is 0.752. The molecule has 3 rings (SSSR count). The summed E-state index contributed by atoms with van der Waals surface area (Å²) >= 11 is 1.75. The first-order chi connectivity index (χ1) is 13.1. The third kappa shape index (κ3) is 4.84. The zero-order valence-electron chi connectivity index (χ0n) is 16.2. The molecule has 2 amide bonds. The van der Waals surface area contributed by atoms with Gasteiger partial charge in [-0.3, -0.25) is 9.59 Å². The average molecular weight is 390 g/mol. The number of hydrogen-bond donors (Lipinski definition) is 2. The van der Waals surface area contributed by atoms with Crippen molar-refractivity contribution in [1.82, 2.24) is 15.2 Å². The average Bonchev–Trinajstić information content (AvgIpc) is 3.10. The predicted octanol–water partition coefficient (Wildman–Crippen LogP) is 1.39. The topological polar surface area (TPSA) is 66.7 Å². The van der Waals surface area contributed by atoms with Gasteiger partial charge >= 0.3 is 0 Å². The van der Waals surface area contributed by atoms with Crippen LogP contribution in [0.2, 0.25) is 0 Å². The number of piperidine rings is 1. The SMILES string of the molecule is CCNC(=O)CN(CC)C(=O)C[NH+]1CCCC[C@@H]1c1nc2ccccc2s1. The molecular formula is C20H29N4O2S+. The van der Waals surface area contributed by atoms with Gasteiger partial charge in [0.1, 0.15) is 6.04 Å². The van der Waals surface area contributed by atoms with Crippen LogP contribution in [0.5, 0.6) is 0 Å². The molecule has 2 heterocycles. The molecule has 1 fully saturated rings. The van der Waals surface area contributed by atoms with Gasteiger partial charge in [-0.1, -0.05) is 12.1 Å². The van der Waals surface area contributed by atoms with Crippen molar-refractivity contribution < 1.29 is 14.5 Å². The van der Waals surface area contributed by atoms with E-state index in [1.54, 1.807) is 16.2 Å². The molecule has 1 saturated heterocycles. The predicted molar refractivity (Wildman–Crippen MR) is 108 cm³/mol. The Labute approximate surface area is 164 Å². The van der Waals surface area contributed by atoms with E-state index in [4.69, 9.17) is 4.98 Å². The Balaban J connectivity index is 1.71. The molecule has 1 aromatic carbocycles. The zero-order valence-corrected chi connectivity index (χ0v) is 17.0. The van der Waals surface area contributed by atoms with Crippen LogP contribution in [0.15, 0.2) is 24.3 Å². The number of likely N-dealkylation sites (tertiary alicyclic amines) is 1. The molecule has 0 spiro atoms. The lowest BCUT2D eigenvalue weighted by Crippen LogP contribution is -3.14. The van der Waals surface area contributed by atoms with Crippen LogP contribution in [-0.2, 0) is 9.59 Å². The van der Waals surface area contributed by atoms with Gasteiger partial charge in [0.2, 0.25) is 5.91 Å². The third-order valence-corrected chi connectivity index (χ3v) is 6.31. The van der Waals surface area contributed by atoms with Gasteiger partial charge in [-0.15, -0.1) is 11.3 Å². The van der Waals surface area contributed by atoms with Crippen molar-refractivity contribution in [1.29, 1.82) is 0 Å². The van der Waals surface area contributed by atoms with Gasteiger partial charge in [-0.05, 0) is 38.8 Å². The molecule has 2 aromatic rings. The Morgan fingerprint density at radius 2 is 2.11 bits per heavy atom. The molecule has 1 aliphatic heterocycles. The number of carbonyl (C=O) groups excluding carboxylic acids is 2. The fourth-order valence-electron chi connectivity index (χ4n) is 3.74.